The summed E-state index contributed by atoms with van der Waals surface area (Å²) in [6, 6.07) is 30.9. The normalized spacial score (nSPS) is 12.5. The fourth-order valence-corrected chi connectivity index (χ4v) is 4.37. The molecule has 0 aliphatic rings. The fourth-order valence-electron chi connectivity index (χ4n) is 3.33. The monoisotopic (exact) mass is 419 g/mol. The summed E-state index contributed by atoms with van der Waals surface area (Å²) in [5.74, 6) is 2.11. The number of guanidine groups is 1. The van der Waals surface area contributed by atoms with Gasteiger partial charge in [-0.05, 0) is 16.7 Å². The van der Waals surface area contributed by atoms with Crippen LogP contribution in [0.4, 0.5) is 0 Å². The van der Waals surface area contributed by atoms with Crippen molar-refractivity contribution in [3.63, 3.8) is 0 Å². The van der Waals surface area contributed by atoms with Crippen molar-refractivity contribution in [3.05, 3.63) is 108 Å². The molecular weight excluding hydrogens is 390 g/mol. The van der Waals surface area contributed by atoms with Gasteiger partial charge in [0.05, 0.1) is 0 Å². The molecule has 0 aliphatic carbocycles. The smallest absolute Gasteiger partial charge is 0.191 e. The first-order valence-corrected chi connectivity index (χ1v) is 11.7. The number of nitrogens with one attached hydrogen (secondary N) is 2. The molecule has 3 aromatic carbocycles. The van der Waals surface area contributed by atoms with E-state index in [0.717, 1.165) is 18.1 Å². The average molecular weight is 420 g/mol. The molecular formula is C25H29N3OS. The topological polar surface area (TPSA) is 53.5 Å². The van der Waals surface area contributed by atoms with Crippen molar-refractivity contribution in [1.29, 1.82) is 0 Å². The summed E-state index contributed by atoms with van der Waals surface area (Å²) in [4.78, 5) is 4.32. The van der Waals surface area contributed by atoms with Crippen LogP contribution in [0.3, 0.4) is 0 Å². The van der Waals surface area contributed by atoms with Gasteiger partial charge in [0.1, 0.15) is 0 Å². The molecule has 1 unspecified atom stereocenters. The Morgan fingerprint density at radius 3 is 1.90 bits per heavy atom. The first-order valence-electron chi connectivity index (χ1n) is 10.2. The third-order valence-electron chi connectivity index (χ3n) is 4.89. The zero-order chi connectivity index (χ0) is 21.0. The second kappa shape index (κ2) is 11.9. The second-order valence-electron chi connectivity index (χ2n) is 7.03. The Balaban J connectivity index is 1.52. The molecule has 0 spiro atoms. The molecule has 4 nitrogen and oxygen atoms in total. The molecule has 156 valence electrons. The number of hydrogen-bond acceptors (Lipinski definition) is 2. The molecule has 0 fully saturated rings. The third-order valence-corrected chi connectivity index (χ3v) is 6.21. The van der Waals surface area contributed by atoms with Crippen LogP contribution in [0.2, 0.25) is 0 Å². The highest BCUT2D eigenvalue weighted by Gasteiger charge is 2.14. The number of benzene rings is 3. The maximum Gasteiger partial charge on any atom is 0.191 e. The van der Waals surface area contributed by atoms with Gasteiger partial charge in [-0.3, -0.25) is 9.20 Å². The summed E-state index contributed by atoms with van der Waals surface area (Å²) >= 11 is 0. The Morgan fingerprint density at radius 2 is 1.37 bits per heavy atom. The minimum Gasteiger partial charge on any atom is -0.355 e. The van der Waals surface area contributed by atoms with Crippen LogP contribution in [-0.4, -0.2) is 36.1 Å². The first-order chi connectivity index (χ1) is 14.8. The summed E-state index contributed by atoms with van der Waals surface area (Å²) in [6.45, 7) is 1.33. The zero-order valence-electron chi connectivity index (χ0n) is 17.3. The number of nitrogens with zero attached hydrogens (tertiary/aromatic N) is 1. The van der Waals surface area contributed by atoms with E-state index in [0.29, 0.717) is 18.1 Å². The maximum absolute atomic E-state index is 12.3. The largest absolute Gasteiger partial charge is 0.355 e. The summed E-state index contributed by atoms with van der Waals surface area (Å²) in [5.41, 5.74) is 3.62. The lowest BCUT2D eigenvalue weighted by Gasteiger charge is -2.20. The highest BCUT2D eigenvalue weighted by Crippen LogP contribution is 2.23. The lowest BCUT2D eigenvalue weighted by atomic mass is 9.91. The first kappa shape index (κ1) is 21.8. The van der Waals surface area contributed by atoms with Crippen molar-refractivity contribution in [2.45, 2.75) is 11.7 Å². The lowest BCUT2D eigenvalue weighted by molar-refractivity contribution is 0.680. The molecule has 0 bridgehead atoms. The minimum absolute atomic E-state index is 0.221. The van der Waals surface area contributed by atoms with E-state index in [1.165, 1.54) is 11.1 Å². The van der Waals surface area contributed by atoms with Gasteiger partial charge in [-0.2, -0.15) is 0 Å². The Hall–Kier alpha value is -2.92. The van der Waals surface area contributed by atoms with E-state index >= 15 is 0 Å². The van der Waals surface area contributed by atoms with Gasteiger partial charge in [0.25, 0.3) is 0 Å². The van der Waals surface area contributed by atoms with Gasteiger partial charge in [-0.1, -0.05) is 91.0 Å². The van der Waals surface area contributed by atoms with Crippen LogP contribution < -0.4 is 10.6 Å². The van der Waals surface area contributed by atoms with Gasteiger partial charge >= 0.3 is 0 Å². The van der Waals surface area contributed by atoms with Crippen LogP contribution in [0.15, 0.2) is 96.0 Å². The third kappa shape index (κ3) is 6.85. The number of aliphatic imine (C=N–C) groups is 1. The van der Waals surface area contributed by atoms with Crippen LogP contribution >= 0.6 is 0 Å². The predicted octanol–water partition coefficient (Wildman–Crippen LogP) is 3.93. The van der Waals surface area contributed by atoms with Gasteiger partial charge in [-0.15, -0.1) is 0 Å². The Kier molecular flexibility index (Phi) is 8.66. The van der Waals surface area contributed by atoms with Gasteiger partial charge in [-0.25, -0.2) is 0 Å². The lowest BCUT2D eigenvalue weighted by Crippen LogP contribution is -2.41. The van der Waals surface area contributed by atoms with Crippen molar-refractivity contribution >= 4 is 16.8 Å². The predicted molar refractivity (Wildman–Crippen MR) is 127 cm³/mol. The van der Waals surface area contributed by atoms with Crippen LogP contribution in [-0.2, 0) is 16.6 Å². The molecule has 3 rings (SSSR count). The second-order valence-corrected chi connectivity index (χ2v) is 8.60. The SMILES string of the molecule is CN=C(NCCS(=O)Cc1ccccc1)NCC(c1ccccc1)c1ccccc1. The molecule has 1 atom stereocenters. The van der Waals surface area contributed by atoms with E-state index in [-0.39, 0.29) is 5.92 Å². The van der Waals surface area contributed by atoms with Crippen LogP contribution in [0.1, 0.15) is 22.6 Å². The van der Waals surface area contributed by atoms with Gasteiger partial charge in [0.2, 0.25) is 0 Å². The molecule has 0 saturated carbocycles. The molecule has 0 heterocycles. The molecule has 0 radical (unpaired) electrons. The van der Waals surface area contributed by atoms with Crippen molar-refractivity contribution in [2.75, 3.05) is 25.9 Å². The highest BCUT2D eigenvalue weighted by atomic mass is 32.2. The molecule has 5 heteroatoms. The maximum atomic E-state index is 12.3. The van der Waals surface area contributed by atoms with Crippen LogP contribution in [0, 0.1) is 0 Å². The summed E-state index contributed by atoms with van der Waals surface area (Å²) in [5, 5.41) is 6.72. The molecule has 2 N–H and O–H groups in total. The van der Waals surface area contributed by atoms with Crippen molar-refractivity contribution in [2.24, 2.45) is 4.99 Å². The Labute approximate surface area is 181 Å². The summed E-state index contributed by atoms with van der Waals surface area (Å²) < 4.78 is 12.3. The van der Waals surface area contributed by atoms with Gasteiger partial charge in [0, 0.05) is 48.4 Å². The van der Waals surface area contributed by atoms with E-state index in [1.807, 2.05) is 42.5 Å². The van der Waals surface area contributed by atoms with Gasteiger partial charge < -0.3 is 10.6 Å². The zero-order valence-corrected chi connectivity index (χ0v) is 18.1. The van der Waals surface area contributed by atoms with Crippen molar-refractivity contribution in [3.8, 4) is 0 Å². The molecule has 3 aromatic rings. The van der Waals surface area contributed by atoms with Crippen LogP contribution in [0.25, 0.3) is 0 Å². The van der Waals surface area contributed by atoms with Crippen molar-refractivity contribution in [1.82, 2.24) is 10.6 Å². The average Bonchev–Trinajstić information content (AvgIpc) is 2.80. The van der Waals surface area contributed by atoms with E-state index in [1.54, 1.807) is 7.05 Å². The molecule has 0 saturated heterocycles. The van der Waals surface area contributed by atoms with E-state index in [9.17, 15) is 4.21 Å². The van der Waals surface area contributed by atoms with E-state index in [4.69, 9.17) is 0 Å². The highest BCUT2D eigenvalue weighted by molar-refractivity contribution is 7.84. The Bertz CT molecular complexity index is 891. The minimum atomic E-state index is -0.907. The molecule has 0 amide bonds. The Morgan fingerprint density at radius 1 is 0.833 bits per heavy atom. The van der Waals surface area contributed by atoms with Crippen LogP contribution in [0.5, 0.6) is 0 Å². The van der Waals surface area contributed by atoms with E-state index in [2.05, 4.69) is 64.2 Å². The van der Waals surface area contributed by atoms with Gasteiger partial charge in [0.15, 0.2) is 5.96 Å². The fraction of sp³-hybridized carbons (Fsp3) is 0.240. The molecule has 0 aliphatic heterocycles. The van der Waals surface area contributed by atoms with E-state index < -0.39 is 10.8 Å². The quantitative estimate of drug-likeness (QED) is 0.408. The molecule has 30 heavy (non-hydrogen) atoms. The standard InChI is InChI=1S/C25H29N3OS/c1-26-25(27-17-18-30(29)20-21-11-5-2-6-12-21)28-19-24(22-13-7-3-8-14-22)23-15-9-4-10-16-23/h2-16,24H,17-20H2,1H3,(H2,26,27,28). The number of hydrogen-bond donors (Lipinski definition) is 2. The summed E-state index contributed by atoms with van der Waals surface area (Å²) in [7, 11) is 0.853. The van der Waals surface area contributed by atoms with Crippen molar-refractivity contribution < 1.29 is 4.21 Å². The number of rotatable bonds is 9. The molecule has 0 aromatic heterocycles. The summed E-state index contributed by atoms with van der Waals surface area (Å²) in [6.07, 6.45) is 0.